The molecule has 0 saturated carbocycles. The lowest BCUT2D eigenvalue weighted by molar-refractivity contribution is -0.130. The molecule has 7 heteroatoms. The molecule has 0 N–H and O–H groups in total. The summed E-state index contributed by atoms with van der Waals surface area (Å²) < 4.78 is 5.43. The molecule has 2 aromatic rings. The monoisotopic (exact) mass is 368 g/mol. The van der Waals surface area contributed by atoms with Gasteiger partial charge in [-0.25, -0.2) is 4.98 Å². The van der Waals surface area contributed by atoms with Crippen molar-refractivity contribution in [2.24, 2.45) is 0 Å². The first kappa shape index (κ1) is 18.8. The molecule has 2 amide bonds. The summed E-state index contributed by atoms with van der Waals surface area (Å²) in [6, 6.07) is 7.61. The molecular formula is C20H24N4O3. The third-order valence-electron chi connectivity index (χ3n) is 4.51. The highest BCUT2D eigenvalue weighted by Crippen LogP contribution is 2.14. The molecule has 0 radical (unpaired) electrons. The Kier molecular flexibility index (Phi) is 6.35. The van der Waals surface area contributed by atoms with E-state index in [4.69, 9.17) is 4.74 Å². The van der Waals surface area contributed by atoms with Crippen molar-refractivity contribution in [2.75, 3.05) is 32.8 Å². The Morgan fingerprint density at radius 3 is 2.48 bits per heavy atom. The highest BCUT2D eigenvalue weighted by Gasteiger charge is 2.23. The lowest BCUT2D eigenvalue weighted by Crippen LogP contribution is -2.38. The molecule has 2 heterocycles. The molecule has 0 spiro atoms. The first-order valence-corrected chi connectivity index (χ1v) is 9.22. The highest BCUT2D eigenvalue weighted by molar-refractivity contribution is 5.92. The van der Waals surface area contributed by atoms with E-state index in [2.05, 4.69) is 9.97 Å². The second-order valence-corrected chi connectivity index (χ2v) is 6.37. The Hall–Kier alpha value is -2.96. The normalized spacial score (nSPS) is 14.6. The standard InChI is InChI=1S/C20H24N4O3/c1-2-27-17-6-4-16(5-7-17)14-19(25)23-10-3-11-24(13-12-23)20(26)18-15-21-8-9-22-18/h4-9,15H,2-3,10-14H2,1H3. The maximum absolute atomic E-state index is 12.6. The van der Waals surface area contributed by atoms with Gasteiger partial charge in [0.25, 0.3) is 5.91 Å². The SMILES string of the molecule is CCOc1ccc(CC(=O)N2CCCN(C(=O)c3cnccn3)CC2)cc1. The van der Waals surface area contributed by atoms with Gasteiger partial charge in [0.1, 0.15) is 11.4 Å². The fourth-order valence-corrected chi connectivity index (χ4v) is 3.10. The molecule has 0 unspecified atom stereocenters. The minimum Gasteiger partial charge on any atom is -0.494 e. The summed E-state index contributed by atoms with van der Waals surface area (Å²) in [7, 11) is 0. The number of hydrogen-bond donors (Lipinski definition) is 0. The van der Waals surface area contributed by atoms with Gasteiger partial charge in [-0.1, -0.05) is 12.1 Å². The van der Waals surface area contributed by atoms with Crippen molar-refractivity contribution in [3.05, 3.63) is 54.1 Å². The summed E-state index contributed by atoms with van der Waals surface area (Å²) in [5, 5.41) is 0. The Bertz CT molecular complexity index is 765. The maximum atomic E-state index is 12.6. The van der Waals surface area contributed by atoms with E-state index in [0.29, 0.717) is 44.9 Å². The Morgan fingerprint density at radius 1 is 1.04 bits per heavy atom. The molecule has 7 nitrogen and oxygen atoms in total. The molecule has 1 saturated heterocycles. The minimum atomic E-state index is -0.135. The van der Waals surface area contributed by atoms with E-state index in [0.717, 1.165) is 17.7 Å². The van der Waals surface area contributed by atoms with Crippen LogP contribution in [0.3, 0.4) is 0 Å². The number of amides is 2. The molecule has 1 aromatic heterocycles. The van der Waals surface area contributed by atoms with E-state index >= 15 is 0 Å². The molecule has 27 heavy (non-hydrogen) atoms. The van der Waals surface area contributed by atoms with E-state index in [1.54, 1.807) is 11.1 Å². The van der Waals surface area contributed by atoms with Gasteiger partial charge in [-0.15, -0.1) is 0 Å². The van der Waals surface area contributed by atoms with Crippen molar-refractivity contribution >= 4 is 11.8 Å². The average molecular weight is 368 g/mol. The smallest absolute Gasteiger partial charge is 0.274 e. The van der Waals surface area contributed by atoms with Crippen LogP contribution in [0, 0.1) is 0 Å². The molecule has 3 rings (SSSR count). The number of rotatable bonds is 5. The molecule has 0 bridgehead atoms. The predicted octanol–water partition coefficient (Wildman–Crippen LogP) is 1.79. The third kappa shape index (κ3) is 5.03. The average Bonchev–Trinajstić information content (AvgIpc) is 2.96. The van der Waals surface area contributed by atoms with Crippen molar-refractivity contribution in [3.8, 4) is 5.75 Å². The fraction of sp³-hybridized carbons (Fsp3) is 0.400. The summed E-state index contributed by atoms with van der Waals surface area (Å²) in [6.45, 7) is 4.86. The van der Waals surface area contributed by atoms with Crippen molar-refractivity contribution in [3.63, 3.8) is 0 Å². The maximum Gasteiger partial charge on any atom is 0.274 e. The fourth-order valence-electron chi connectivity index (χ4n) is 3.10. The molecule has 1 aromatic carbocycles. The van der Waals surface area contributed by atoms with Crippen LogP contribution in [0.5, 0.6) is 5.75 Å². The van der Waals surface area contributed by atoms with Crippen LogP contribution in [0.25, 0.3) is 0 Å². The second kappa shape index (κ2) is 9.12. The summed E-state index contributed by atoms with van der Waals surface area (Å²) in [6.07, 6.45) is 5.63. The number of hydrogen-bond acceptors (Lipinski definition) is 5. The number of carbonyl (C=O) groups excluding carboxylic acids is 2. The predicted molar refractivity (Wildman–Crippen MR) is 100 cm³/mol. The lowest BCUT2D eigenvalue weighted by Gasteiger charge is -2.22. The van der Waals surface area contributed by atoms with Crippen LogP contribution in [-0.4, -0.2) is 64.4 Å². The van der Waals surface area contributed by atoms with Crippen molar-refractivity contribution in [1.29, 1.82) is 0 Å². The van der Waals surface area contributed by atoms with Gasteiger partial charge in [0, 0.05) is 38.6 Å². The number of aromatic nitrogens is 2. The van der Waals surface area contributed by atoms with Gasteiger partial charge in [0.05, 0.1) is 19.2 Å². The summed E-state index contributed by atoms with van der Waals surface area (Å²) in [5.74, 6) is 0.749. The highest BCUT2D eigenvalue weighted by atomic mass is 16.5. The topological polar surface area (TPSA) is 75.6 Å². The minimum absolute atomic E-state index is 0.0768. The summed E-state index contributed by atoms with van der Waals surface area (Å²) in [4.78, 5) is 36.8. The third-order valence-corrected chi connectivity index (χ3v) is 4.51. The van der Waals surface area contributed by atoms with Gasteiger partial charge >= 0.3 is 0 Å². The van der Waals surface area contributed by atoms with Gasteiger partial charge in [0.15, 0.2) is 0 Å². The van der Waals surface area contributed by atoms with Crippen LogP contribution in [0.2, 0.25) is 0 Å². The Balaban J connectivity index is 1.55. The van der Waals surface area contributed by atoms with Crippen LogP contribution in [0.1, 0.15) is 29.4 Å². The van der Waals surface area contributed by atoms with Gasteiger partial charge in [-0.2, -0.15) is 0 Å². The van der Waals surface area contributed by atoms with Crippen LogP contribution >= 0.6 is 0 Å². The van der Waals surface area contributed by atoms with E-state index in [1.807, 2.05) is 36.1 Å². The van der Waals surface area contributed by atoms with E-state index in [-0.39, 0.29) is 11.8 Å². The largest absolute Gasteiger partial charge is 0.494 e. The molecule has 1 aliphatic heterocycles. The number of ether oxygens (including phenoxy) is 1. The van der Waals surface area contributed by atoms with Gasteiger partial charge in [0.2, 0.25) is 5.91 Å². The van der Waals surface area contributed by atoms with Crippen LogP contribution in [0.4, 0.5) is 0 Å². The van der Waals surface area contributed by atoms with Crippen molar-refractivity contribution in [1.82, 2.24) is 19.8 Å². The molecule has 142 valence electrons. The number of nitrogens with zero attached hydrogens (tertiary/aromatic N) is 4. The first-order chi connectivity index (χ1) is 13.2. The zero-order valence-electron chi connectivity index (χ0n) is 15.5. The van der Waals surface area contributed by atoms with Gasteiger partial charge in [-0.3, -0.25) is 14.6 Å². The second-order valence-electron chi connectivity index (χ2n) is 6.37. The quantitative estimate of drug-likeness (QED) is 0.804. The van der Waals surface area contributed by atoms with Gasteiger partial charge in [-0.05, 0) is 31.0 Å². The Morgan fingerprint density at radius 2 is 1.78 bits per heavy atom. The Labute approximate surface area is 159 Å². The first-order valence-electron chi connectivity index (χ1n) is 9.22. The van der Waals surface area contributed by atoms with Gasteiger partial charge < -0.3 is 14.5 Å². The molecule has 0 aliphatic carbocycles. The van der Waals surface area contributed by atoms with Crippen LogP contribution in [-0.2, 0) is 11.2 Å². The van der Waals surface area contributed by atoms with E-state index in [9.17, 15) is 9.59 Å². The van der Waals surface area contributed by atoms with E-state index < -0.39 is 0 Å². The van der Waals surface area contributed by atoms with Crippen LogP contribution in [0.15, 0.2) is 42.9 Å². The zero-order chi connectivity index (χ0) is 19.1. The summed E-state index contributed by atoms with van der Waals surface area (Å²) in [5.41, 5.74) is 1.30. The molecular weight excluding hydrogens is 344 g/mol. The van der Waals surface area contributed by atoms with E-state index in [1.165, 1.54) is 12.4 Å². The van der Waals surface area contributed by atoms with Crippen molar-refractivity contribution < 1.29 is 14.3 Å². The number of benzene rings is 1. The number of carbonyl (C=O) groups is 2. The van der Waals surface area contributed by atoms with Crippen LogP contribution < -0.4 is 4.74 Å². The van der Waals surface area contributed by atoms with Crippen molar-refractivity contribution in [2.45, 2.75) is 19.8 Å². The molecule has 1 fully saturated rings. The summed E-state index contributed by atoms with van der Waals surface area (Å²) >= 11 is 0. The molecule has 0 atom stereocenters. The molecule has 1 aliphatic rings. The zero-order valence-corrected chi connectivity index (χ0v) is 15.5. The lowest BCUT2D eigenvalue weighted by atomic mass is 10.1.